The summed E-state index contributed by atoms with van der Waals surface area (Å²) in [5.74, 6) is -0.172. The number of hydrazine groups is 1. The van der Waals surface area contributed by atoms with Gasteiger partial charge in [0.25, 0.3) is 11.8 Å². The third kappa shape index (κ3) is 2.07. The molecule has 2 N–H and O–H groups in total. The largest absolute Gasteiger partial charge is 0.497 e. The van der Waals surface area contributed by atoms with Crippen LogP contribution in [0.3, 0.4) is 0 Å². The molecule has 26 heavy (non-hydrogen) atoms. The molecule has 0 bridgehead atoms. The molecule has 0 fully saturated rings. The minimum absolute atomic E-state index is 0.113. The van der Waals surface area contributed by atoms with E-state index in [4.69, 9.17) is 14.3 Å². The molecule has 1 aromatic heterocycles. The molecule has 0 spiro atoms. The number of carbonyl (C=O) groups is 2. The average molecular weight is 354 g/mol. The molecule has 1 aliphatic heterocycles. The Labute approximate surface area is 149 Å². The number of aliphatic hydroxyl groups excluding tert-OH is 1. The number of nitrogens with one attached hydrogen (secondary N) is 1. The van der Waals surface area contributed by atoms with Crippen molar-refractivity contribution >= 4 is 33.8 Å². The Kier molecular flexibility index (Phi) is 3.71. The Hall–Kier alpha value is -2.90. The predicted molar refractivity (Wildman–Crippen MR) is 95.3 cm³/mol. The first-order chi connectivity index (χ1) is 12.5. The molecule has 7 nitrogen and oxygen atoms in total. The van der Waals surface area contributed by atoms with Gasteiger partial charge in [0.05, 0.1) is 24.8 Å². The molecule has 1 aliphatic rings. The van der Waals surface area contributed by atoms with E-state index < -0.39 is 11.8 Å². The van der Waals surface area contributed by atoms with E-state index in [9.17, 15) is 9.59 Å². The van der Waals surface area contributed by atoms with Crippen molar-refractivity contribution in [3.05, 3.63) is 40.5 Å². The zero-order valence-corrected chi connectivity index (χ0v) is 14.7. The summed E-state index contributed by atoms with van der Waals surface area (Å²) in [4.78, 5) is 25.5. The van der Waals surface area contributed by atoms with Crippen LogP contribution in [0.1, 0.15) is 31.8 Å². The van der Waals surface area contributed by atoms with Crippen molar-refractivity contribution in [3.63, 3.8) is 0 Å². The van der Waals surface area contributed by atoms with E-state index in [0.29, 0.717) is 39.2 Å². The number of aliphatic hydroxyl groups is 1. The number of hydrogen-bond acceptors (Lipinski definition) is 6. The van der Waals surface area contributed by atoms with E-state index >= 15 is 0 Å². The van der Waals surface area contributed by atoms with Gasteiger partial charge in [0.1, 0.15) is 16.9 Å². The summed E-state index contributed by atoms with van der Waals surface area (Å²) in [6.45, 7) is 3.53. The number of imide groups is 1. The molecule has 0 aliphatic carbocycles. The molecule has 2 amide bonds. The number of ether oxygens (including phenoxy) is 1. The van der Waals surface area contributed by atoms with Crippen molar-refractivity contribution in [2.75, 3.05) is 20.3 Å². The smallest absolute Gasteiger partial charge is 0.276 e. The summed E-state index contributed by atoms with van der Waals surface area (Å²) in [7, 11) is 1.58. The fourth-order valence-corrected chi connectivity index (χ4v) is 3.61. The highest BCUT2D eigenvalue weighted by atomic mass is 16.5. The lowest BCUT2D eigenvalue weighted by molar-refractivity contribution is 0.0555. The SMILES string of the molecule is COc1ccc2c(c1)oc1c(C)c3c(c(C)c12)C(=O)N(NCCO)C3=O. The van der Waals surface area contributed by atoms with Crippen LogP contribution in [0.4, 0.5) is 0 Å². The van der Waals surface area contributed by atoms with Crippen molar-refractivity contribution in [1.82, 2.24) is 10.4 Å². The van der Waals surface area contributed by atoms with Gasteiger partial charge in [-0.3, -0.25) is 9.59 Å². The van der Waals surface area contributed by atoms with E-state index in [1.807, 2.05) is 19.1 Å². The first-order valence-electron chi connectivity index (χ1n) is 8.26. The maximum absolute atomic E-state index is 12.8. The normalized spacial score (nSPS) is 13.9. The summed E-state index contributed by atoms with van der Waals surface area (Å²) in [6.07, 6.45) is 0. The highest BCUT2D eigenvalue weighted by Crippen LogP contribution is 2.40. The first-order valence-corrected chi connectivity index (χ1v) is 8.26. The van der Waals surface area contributed by atoms with Crippen LogP contribution in [-0.2, 0) is 0 Å². The van der Waals surface area contributed by atoms with Gasteiger partial charge in [-0.25, -0.2) is 10.4 Å². The highest BCUT2D eigenvalue weighted by molar-refractivity contribution is 6.26. The number of fused-ring (bicyclic) bond motifs is 4. The molecule has 4 rings (SSSR count). The third-order valence-corrected chi connectivity index (χ3v) is 4.83. The molecule has 7 heteroatoms. The zero-order chi connectivity index (χ0) is 18.6. The molecule has 3 aromatic rings. The standard InChI is InChI=1S/C19H18N2O5/c1-9-14-12-5-4-11(25-3)8-13(12)26-17(14)10(2)16-15(9)18(23)21(19(16)24)20-6-7-22/h4-5,8,20,22H,6-7H2,1-3H3. The van der Waals surface area contributed by atoms with E-state index in [1.54, 1.807) is 20.1 Å². The molecular formula is C19H18N2O5. The van der Waals surface area contributed by atoms with Crippen molar-refractivity contribution in [2.45, 2.75) is 13.8 Å². The highest BCUT2D eigenvalue weighted by Gasteiger charge is 2.40. The summed E-state index contributed by atoms with van der Waals surface area (Å²) in [5.41, 5.74) is 5.96. The Balaban J connectivity index is 2.01. The number of nitrogens with zero attached hydrogens (tertiary/aromatic N) is 1. The van der Waals surface area contributed by atoms with Crippen molar-refractivity contribution < 1.29 is 23.8 Å². The quantitative estimate of drug-likeness (QED) is 0.699. The van der Waals surface area contributed by atoms with Gasteiger partial charge in [0.15, 0.2) is 0 Å². The van der Waals surface area contributed by atoms with Crippen LogP contribution in [0, 0.1) is 13.8 Å². The minimum atomic E-state index is -0.431. The van der Waals surface area contributed by atoms with Crippen LogP contribution in [-0.4, -0.2) is 42.2 Å². The van der Waals surface area contributed by atoms with Gasteiger partial charge in [-0.05, 0) is 31.5 Å². The number of benzene rings is 2. The second-order valence-corrected chi connectivity index (χ2v) is 6.25. The Morgan fingerprint density at radius 3 is 2.50 bits per heavy atom. The number of methoxy groups -OCH3 is 1. The van der Waals surface area contributed by atoms with Crippen LogP contribution in [0.25, 0.3) is 21.9 Å². The number of furan rings is 1. The lowest BCUT2D eigenvalue weighted by atomic mass is 9.94. The molecular weight excluding hydrogens is 336 g/mol. The molecule has 0 radical (unpaired) electrons. The van der Waals surface area contributed by atoms with Gasteiger partial charge in [-0.15, -0.1) is 0 Å². The van der Waals surface area contributed by atoms with Gasteiger partial charge < -0.3 is 14.3 Å². The van der Waals surface area contributed by atoms with Crippen molar-refractivity contribution in [2.24, 2.45) is 0 Å². The first kappa shape index (κ1) is 16.6. The van der Waals surface area contributed by atoms with Crippen LogP contribution in [0.5, 0.6) is 5.75 Å². The van der Waals surface area contributed by atoms with E-state index in [-0.39, 0.29) is 13.2 Å². The van der Waals surface area contributed by atoms with Gasteiger partial charge in [-0.2, -0.15) is 0 Å². The summed E-state index contributed by atoms with van der Waals surface area (Å²) in [6, 6.07) is 5.52. The number of hydrogen-bond donors (Lipinski definition) is 2. The van der Waals surface area contributed by atoms with Gasteiger partial charge >= 0.3 is 0 Å². The second kappa shape index (κ2) is 5.82. The van der Waals surface area contributed by atoms with Crippen LogP contribution in [0.2, 0.25) is 0 Å². The Morgan fingerprint density at radius 1 is 1.15 bits per heavy atom. The summed E-state index contributed by atoms with van der Waals surface area (Å²) < 4.78 is 11.3. The Morgan fingerprint density at radius 2 is 1.85 bits per heavy atom. The van der Waals surface area contributed by atoms with Gasteiger partial charge in [0.2, 0.25) is 0 Å². The van der Waals surface area contributed by atoms with Crippen molar-refractivity contribution in [1.29, 1.82) is 0 Å². The van der Waals surface area contributed by atoms with E-state index in [1.165, 1.54) is 0 Å². The molecule has 0 atom stereocenters. The number of carbonyl (C=O) groups excluding carboxylic acids is 2. The maximum atomic E-state index is 12.8. The molecule has 134 valence electrons. The molecule has 0 saturated carbocycles. The maximum Gasteiger partial charge on any atom is 0.276 e. The molecule has 0 saturated heterocycles. The summed E-state index contributed by atoms with van der Waals surface area (Å²) >= 11 is 0. The fraction of sp³-hybridized carbons (Fsp3) is 0.263. The van der Waals surface area contributed by atoms with E-state index in [0.717, 1.165) is 15.8 Å². The van der Waals surface area contributed by atoms with Crippen LogP contribution in [0.15, 0.2) is 22.6 Å². The third-order valence-electron chi connectivity index (χ3n) is 4.83. The number of rotatable bonds is 4. The zero-order valence-electron chi connectivity index (χ0n) is 14.7. The van der Waals surface area contributed by atoms with Crippen LogP contribution < -0.4 is 10.2 Å². The minimum Gasteiger partial charge on any atom is -0.497 e. The van der Waals surface area contributed by atoms with Crippen molar-refractivity contribution in [3.8, 4) is 5.75 Å². The molecule has 2 aromatic carbocycles. The lowest BCUT2D eigenvalue weighted by Gasteiger charge is -2.13. The van der Waals surface area contributed by atoms with E-state index in [2.05, 4.69) is 5.43 Å². The number of amides is 2. The van der Waals surface area contributed by atoms with Crippen LogP contribution >= 0.6 is 0 Å². The second-order valence-electron chi connectivity index (χ2n) is 6.25. The topological polar surface area (TPSA) is 92.0 Å². The predicted octanol–water partition coefficient (Wildman–Crippen LogP) is 2.30. The van der Waals surface area contributed by atoms with Gasteiger partial charge in [0, 0.05) is 28.9 Å². The lowest BCUT2D eigenvalue weighted by Crippen LogP contribution is -2.43. The molecule has 2 heterocycles. The summed E-state index contributed by atoms with van der Waals surface area (Å²) in [5, 5.41) is 11.6. The molecule has 0 unspecified atom stereocenters. The van der Waals surface area contributed by atoms with Gasteiger partial charge in [-0.1, -0.05) is 0 Å². The Bertz CT molecular complexity index is 1080. The fourth-order valence-electron chi connectivity index (χ4n) is 3.61. The number of aryl methyl sites for hydroxylation is 2. The monoisotopic (exact) mass is 354 g/mol. The average Bonchev–Trinajstić information content (AvgIpc) is 3.14.